The molecule has 0 fully saturated rings. The van der Waals surface area contributed by atoms with Crippen LogP contribution in [-0.2, 0) is 16.0 Å². The average molecular weight is 252 g/mol. The van der Waals surface area contributed by atoms with Gasteiger partial charge in [0.25, 0.3) is 0 Å². The van der Waals surface area contributed by atoms with Crippen LogP contribution in [0.5, 0.6) is 0 Å². The van der Waals surface area contributed by atoms with Crippen molar-refractivity contribution in [2.24, 2.45) is 0 Å². The van der Waals surface area contributed by atoms with Crippen molar-refractivity contribution in [1.29, 1.82) is 5.26 Å². The van der Waals surface area contributed by atoms with Gasteiger partial charge in [-0.2, -0.15) is 5.26 Å². The fraction of sp³-hybridized carbons (Fsp3) is 0.250. The molecule has 4 nitrogen and oxygen atoms in total. The van der Waals surface area contributed by atoms with Crippen molar-refractivity contribution in [3.8, 4) is 6.07 Å². The molecule has 0 aliphatic heterocycles. The van der Waals surface area contributed by atoms with E-state index in [0.717, 1.165) is 0 Å². The van der Waals surface area contributed by atoms with Crippen LogP contribution in [0, 0.1) is 11.3 Å². The summed E-state index contributed by atoms with van der Waals surface area (Å²) in [6.45, 7) is 1.97. The summed E-state index contributed by atoms with van der Waals surface area (Å²) in [5.41, 5.74) is 0.675. The first-order valence-corrected chi connectivity index (χ1v) is 5.34. The zero-order valence-corrected chi connectivity index (χ0v) is 9.95. The minimum Gasteiger partial charge on any atom is -0.466 e. The summed E-state index contributed by atoms with van der Waals surface area (Å²) < 4.78 is 4.78. The van der Waals surface area contributed by atoms with Crippen molar-refractivity contribution in [2.45, 2.75) is 13.3 Å². The van der Waals surface area contributed by atoms with E-state index in [-0.39, 0.29) is 29.2 Å². The van der Waals surface area contributed by atoms with E-state index in [2.05, 4.69) is 0 Å². The highest BCUT2D eigenvalue weighted by Gasteiger charge is 2.14. The van der Waals surface area contributed by atoms with Gasteiger partial charge in [-0.1, -0.05) is 17.7 Å². The van der Waals surface area contributed by atoms with Gasteiger partial charge in [-0.25, -0.2) is 0 Å². The molecule has 17 heavy (non-hydrogen) atoms. The molecule has 0 spiro atoms. The number of ether oxygens (including phenoxy) is 1. The standard InChI is InChI=1S/C12H10ClNO3/c1-2-17-12(16)5-8-3-4-11(13)10(7-15)9(8)6-14/h3-4,7H,2,5H2,1H3. The van der Waals surface area contributed by atoms with E-state index in [1.807, 2.05) is 6.07 Å². The van der Waals surface area contributed by atoms with Gasteiger partial charge in [-0.05, 0) is 18.6 Å². The first-order chi connectivity index (χ1) is 8.13. The third-order valence-corrected chi connectivity index (χ3v) is 2.48. The van der Waals surface area contributed by atoms with Crippen LogP contribution in [0.15, 0.2) is 12.1 Å². The molecule has 0 aliphatic rings. The van der Waals surface area contributed by atoms with E-state index >= 15 is 0 Å². The Hall–Kier alpha value is -1.86. The highest BCUT2D eigenvalue weighted by Crippen LogP contribution is 2.22. The van der Waals surface area contributed by atoms with E-state index in [1.54, 1.807) is 13.0 Å². The van der Waals surface area contributed by atoms with Crippen LogP contribution < -0.4 is 0 Å². The Balaban J connectivity index is 3.13. The summed E-state index contributed by atoms with van der Waals surface area (Å²) in [7, 11) is 0. The summed E-state index contributed by atoms with van der Waals surface area (Å²) in [5.74, 6) is -0.442. The van der Waals surface area contributed by atoms with E-state index in [4.69, 9.17) is 21.6 Å². The molecule has 0 heterocycles. The second-order valence-electron chi connectivity index (χ2n) is 3.21. The summed E-state index contributed by atoms with van der Waals surface area (Å²) in [6, 6.07) is 4.91. The van der Waals surface area contributed by atoms with E-state index in [0.29, 0.717) is 11.8 Å². The molecule has 0 unspecified atom stereocenters. The highest BCUT2D eigenvalue weighted by atomic mass is 35.5. The molecule has 88 valence electrons. The van der Waals surface area contributed by atoms with Gasteiger partial charge in [0.1, 0.15) is 6.07 Å². The third-order valence-electron chi connectivity index (χ3n) is 2.15. The molecule has 1 aromatic carbocycles. The number of carbonyl (C=O) groups is 2. The van der Waals surface area contributed by atoms with Gasteiger partial charge in [0, 0.05) is 0 Å². The maximum atomic E-state index is 11.3. The van der Waals surface area contributed by atoms with Crippen LogP contribution in [0.1, 0.15) is 28.4 Å². The first kappa shape index (κ1) is 13.2. The predicted octanol–water partition coefficient (Wildman–Crippen LogP) is 2.13. The summed E-state index contributed by atoms with van der Waals surface area (Å²) >= 11 is 5.78. The van der Waals surface area contributed by atoms with Gasteiger partial charge in [0.2, 0.25) is 0 Å². The molecule has 1 rings (SSSR count). The van der Waals surface area contributed by atoms with E-state index in [9.17, 15) is 9.59 Å². The number of carbonyl (C=O) groups excluding carboxylic acids is 2. The average Bonchev–Trinajstić information content (AvgIpc) is 2.31. The largest absolute Gasteiger partial charge is 0.466 e. The second-order valence-corrected chi connectivity index (χ2v) is 3.61. The number of halogens is 1. The van der Waals surface area contributed by atoms with Crippen LogP contribution in [-0.4, -0.2) is 18.9 Å². The Morgan fingerprint density at radius 1 is 1.59 bits per heavy atom. The molecule has 1 aromatic rings. The monoisotopic (exact) mass is 251 g/mol. The number of hydrogen-bond acceptors (Lipinski definition) is 4. The second kappa shape index (κ2) is 6.02. The third kappa shape index (κ3) is 3.05. The van der Waals surface area contributed by atoms with Crippen LogP contribution >= 0.6 is 11.6 Å². The highest BCUT2D eigenvalue weighted by molar-refractivity contribution is 6.33. The van der Waals surface area contributed by atoms with Gasteiger partial charge in [-0.15, -0.1) is 0 Å². The zero-order chi connectivity index (χ0) is 12.8. The van der Waals surface area contributed by atoms with Gasteiger partial charge < -0.3 is 4.74 Å². The van der Waals surface area contributed by atoms with Crippen LogP contribution in [0.3, 0.4) is 0 Å². The molecule has 0 aromatic heterocycles. The Morgan fingerprint density at radius 3 is 2.82 bits per heavy atom. The lowest BCUT2D eigenvalue weighted by Crippen LogP contribution is -2.09. The number of nitriles is 1. The molecule has 0 amide bonds. The molecule has 0 saturated carbocycles. The SMILES string of the molecule is CCOC(=O)Cc1ccc(Cl)c(C=O)c1C#N. The Bertz CT molecular complexity index is 491. The molecular weight excluding hydrogens is 242 g/mol. The fourth-order valence-corrected chi connectivity index (χ4v) is 1.60. The Kier molecular flexibility index (Phi) is 4.68. The smallest absolute Gasteiger partial charge is 0.310 e. The van der Waals surface area contributed by atoms with E-state index < -0.39 is 5.97 Å². The first-order valence-electron chi connectivity index (χ1n) is 4.96. The van der Waals surface area contributed by atoms with Crippen LogP contribution in [0.25, 0.3) is 0 Å². The minimum absolute atomic E-state index is 0.0469. The maximum Gasteiger partial charge on any atom is 0.310 e. The molecule has 0 saturated heterocycles. The molecule has 0 radical (unpaired) electrons. The normalized spacial score (nSPS) is 9.47. The van der Waals surface area contributed by atoms with Gasteiger partial charge >= 0.3 is 5.97 Å². The summed E-state index contributed by atoms with van der Waals surface area (Å²) in [5, 5.41) is 9.18. The van der Waals surface area contributed by atoms with Crippen molar-refractivity contribution >= 4 is 23.9 Å². The lowest BCUT2D eigenvalue weighted by atomic mass is 10.0. The fourth-order valence-electron chi connectivity index (χ4n) is 1.40. The van der Waals surface area contributed by atoms with Gasteiger partial charge in [0.15, 0.2) is 6.29 Å². The van der Waals surface area contributed by atoms with Crippen LogP contribution in [0.2, 0.25) is 5.02 Å². The van der Waals surface area contributed by atoms with Gasteiger partial charge in [-0.3, -0.25) is 9.59 Å². The topological polar surface area (TPSA) is 67.2 Å². The van der Waals surface area contributed by atoms with Crippen molar-refractivity contribution in [3.05, 3.63) is 33.8 Å². The Labute approximate surface area is 104 Å². The van der Waals surface area contributed by atoms with Crippen molar-refractivity contribution in [2.75, 3.05) is 6.61 Å². The van der Waals surface area contributed by atoms with Crippen LogP contribution in [0.4, 0.5) is 0 Å². The zero-order valence-electron chi connectivity index (χ0n) is 9.20. The summed E-state index contributed by atoms with van der Waals surface area (Å²) in [4.78, 5) is 22.1. The predicted molar refractivity (Wildman–Crippen MR) is 61.9 cm³/mol. The number of hydrogen-bond donors (Lipinski definition) is 0. The number of rotatable bonds is 4. The molecule has 0 atom stereocenters. The van der Waals surface area contributed by atoms with Crippen molar-refractivity contribution < 1.29 is 14.3 Å². The lowest BCUT2D eigenvalue weighted by molar-refractivity contribution is -0.142. The van der Waals surface area contributed by atoms with Gasteiger partial charge in [0.05, 0.1) is 29.2 Å². The number of nitrogens with zero attached hydrogens (tertiary/aromatic N) is 1. The summed E-state index contributed by atoms with van der Waals surface area (Å²) in [6.07, 6.45) is 0.463. The molecular formula is C12H10ClNO3. The quantitative estimate of drug-likeness (QED) is 0.607. The minimum atomic E-state index is -0.442. The maximum absolute atomic E-state index is 11.3. The molecule has 0 N–H and O–H groups in total. The van der Waals surface area contributed by atoms with Crippen molar-refractivity contribution in [3.63, 3.8) is 0 Å². The van der Waals surface area contributed by atoms with E-state index in [1.165, 1.54) is 6.07 Å². The Morgan fingerprint density at radius 2 is 2.29 bits per heavy atom. The van der Waals surface area contributed by atoms with Crippen molar-refractivity contribution in [1.82, 2.24) is 0 Å². The number of esters is 1. The number of aldehydes is 1. The number of benzene rings is 1. The molecule has 5 heteroatoms. The molecule has 0 bridgehead atoms. The molecule has 0 aliphatic carbocycles. The lowest BCUT2D eigenvalue weighted by Gasteiger charge is -2.07.